The highest BCUT2D eigenvalue weighted by Gasteiger charge is 2.02. The van der Waals surface area contributed by atoms with Crippen LogP contribution in [0.15, 0.2) is 29.3 Å². The van der Waals surface area contributed by atoms with Gasteiger partial charge in [0.15, 0.2) is 0 Å². The predicted molar refractivity (Wildman–Crippen MR) is 72.3 cm³/mol. The molecule has 17 heavy (non-hydrogen) atoms. The quantitative estimate of drug-likeness (QED) is 0.604. The van der Waals surface area contributed by atoms with Crippen molar-refractivity contribution >= 4 is 16.9 Å². The van der Waals surface area contributed by atoms with Crippen molar-refractivity contribution in [2.24, 2.45) is 10.7 Å². The van der Waals surface area contributed by atoms with Crippen LogP contribution in [-0.4, -0.2) is 22.9 Å². The van der Waals surface area contributed by atoms with Gasteiger partial charge in [0.05, 0.1) is 11.0 Å². The van der Waals surface area contributed by atoms with Gasteiger partial charge in [0.25, 0.3) is 0 Å². The first-order chi connectivity index (χ1) is 8.20. The standard InChI is InChI=1S/C11H12N4.C2H6/c1-7-3-4-9-8(14-7)5-6-10(15-9)11(12)13-2;1-2/h3-6H,1-2H3,(H2,12,13);1-2H3. The number of fused-ring (bicyclic) bond motifs is 1. The Kier molecular flexibility index (Phi) is 4.57. The number of aliphatic imine (C=N–C) groups is 1. The molecule has 2 aromatic rings. The van der Waals surface area contributed by atoms with Crippen molar-refractivity contribution in [1.29, 1.82) is 0 Å². The van der Waals surface area contributed by atoms with E-state index in [-0.39, 0.29) is 0 Å². The second kappa shape index (κ2) is 5.94. The highest BCUT2D eigenvalue weighted by Crippen LogP contribution is 2.10. The van der Waals surface area contributed by atoms with Gasteiger partial charge in [0.1, 0.15) is 11.5 Å². The average Bonchev–Trinajstić information content (AvgIpc) is 2.39. The minimum atomic E-state index is 0.442. The molecule has 0 spiro atoms. The minimum Gasteiger partial charge on any atom is -0.382 e. The fourth-order valence-electron chi connectivity index (χ4n) is 1.37. The van der Waals surface area contributed by atoms with Crippen molar-refractivity contribution in [1.82, 2.24) is 9.97 Å². The van der Waals surface area contributed by atoms with Crippen LogP contribution in [0.1, 0.15) is 25.2 Å². The number of amidine groups is 1. The Bertz CT molecular complexity index is 532. The number of aromatic nitrogens is 2. The Morgan fingerprint density at radius 3 is 2.29 bits per heavy atom. The summed E-state index contributed by atoms with van der Waals surface area (Å²) in [5, 5.41) is 0. The van der Waals surface area contributed by atoms with Crippen molar-refractivity contribution in [3.8, 4) is 0 Å². The molecule has 0 bridgehead atoms. The first-order valence-electron chi connectivity index (χ1n) is 5.68. The molecule has 2 aromatic heterocycles. The average molecular weight is 230 g/mol. The zero-order chi connectivity index (χ0) is 12.8. The molecule has 0 aromatic carbocycles. The molecule has 2 heterocycles. The first kappa shape index (κ1) is 13.1. The molecule has 0 saturated heterocycles. The summed E-state index contributed by atoms with van der Waals surface area (Å²) in [4.78, 5) is 12.6. The predicted octanol–water partition coefficient (Wildman–Crippen LogP) is 2.30. The summed E-state index contributed by atoms with van der Waals surface area (Å²) < 4.78 is 0. The largest absolute Gasteiger partial charge is 0.382 e. The van der Waals surface area contributed by atoms with Crippen LogP contribution in [0.3, 0.4) is 0 Å². The molecule has 2 N–H and O–H groups in total. The van der Waals surface area contributed by atoms with E-state index in [4.69, 9.17) is 5.73 Å². The number of hydrogen-bond acceptors (Lipinski definition) is 3. The maximum Gasteiger partial charge on any atom is 0.144 e. The van der Waals surface area contributed by atoms with Crippen LogP contribution in [0.2, 0.25) is 0 Å². The third-order valence-corrected chi connectivity index (χ3v) is 2.18. The summed E-state index contributed by atoms with van der Waals surface area (Å²) in [6, 6.07) is 7.60. The van der Waals surface area contributed by atoms with Gasteiger partial charge in [-0.1, -0.05) is 13.8 Å². The second-order valence-electron chi connectivity index (χ2n) is 3.30. The molecule has 0 aliphatic rings. The molecule has 0 aliphatic heterocycles. The van der Waals surface area contributed by atoms with Gasteiger partial charge < -0.3 is 5.73 Å². The summed E-state index contributed by atoms with van der Waals surface area (Å²) in [7, 11) is 1.65. The van der Waals surface area contributed by atoms with Crippen LogP contribution >= 0.6 is 0 Å². The fourth-order valence-corrected chi connectivity index (χ4v) is 1.37. The molecule has 0 aliphatic carbocycles. The Morgan fingerprint density at radius 1 is 1.06 bits per heavy atom. The van der Waals surface area contributed by atoms with Crippen molar-refractivity contribution in [3.63, 3.8) is 0 Å². The summed E-state index contributed by atoms with van der Waals surface area (Å²) in [6.07, 6.45) is 0. The van der Waals surface area contributed by atoms with Gasteiger partial charge >= 0.3 is 0 Å². The molecule has 2 rings (SSSR count). The molecule has 4 nitrogen and oxygen atoms in total. The Morgan fingerprint density at radius 2 is 1.65 bits per heavy atom. The summed E-state index contributed by atoms with van der Waals surface area (Å²) in [6.45, 7) is 5.95. The van der Waals surface area contributed by atoms with E-state index in [1.54, 1.807) is 7.05 Å². The maximum atomic E-state index is 5.68. The van der Waals surface area contributed by atoms with Crippen LogP contribution in [0, 0.1) is 6.92 Å². The number of rotatable bonds is 1. The van der Waals surface area contributed by atoms with Gasteiger partial charge in [-0.25, -0.2) is 4.98 Å². The molecule has 0 amide bonds. The number of hydrogen-bond donors (Lipinski definition) is 1. The van der Waals surface area contributed by atoms with E-state index in [2.05, 4.69) is 15.0 Å². The topological polar surface area (TPSA) is 64.2 Å². The highest BCUT2D eigenvalue weighted by molar-refractivity contribution is 5.97. The van der Waals surface area contributed by atoms with Crippen molar-refractivity contribution in [2.75, 3.05) is 7.05 Å². The summed E-state index contributed by atoms with van der Waals surface area (Å²) in [5.74, 6) is 0.442. The Labute approximate surface area is 102 Å². The minimum absolute atomic E-state index is 0.442. The van der Waals surface area contributed by atoms with Crippen LogP contribution in [0.5, 0.6) is 0 Å². The van der Waals surface area contributed by atoms with Crippen molar-refractivity contribution < 1.29 is 0 Å². The highest BCUT2D eigenvalue weighted by atomic mass is 14.9. The van der Waals surface area contributed by atoms with E-state index in [0.717, 1.165) is 16.7 Å². The summed E-state index contributed by atoms with van der Waals surface area (Å²) in [5.41, 5.74) is 9.07. The SMILES string of the molecule is CC.CN=C(N)c1ccc2nc(C)ccc2n1. The molecule has 0 unspecified atom stereocenters. The van der Waals surface area contributed by atoms with E-state index < -0.39 is 0 Å². The van der Waals surface area contributed by atoms with Gasteiger partial charge in [-0.15, -0.1) is 0 Å². The fraction of sp³-hybridized carbons (Fsp3) is 0.308. The van der Waals surface area contributed by atoms with Gasteiger partial charge in [-0.3, -0.25) is 9.98 Å². The number of nitrogens with zero attached hydrogens (tertiary/aromatic N) is 3. The van der Waals surface area contributed by atoms with Crippen LogP contribution in [-0.2, 0) is 0 Å². The lowest BCUT2D eigenvalue weighted by Crippen LogP contribution is -2.14. The Hall–Kier alpha value is -1.97. The number of nitrogens with two attached hydrogens (primary N) is 1. The number of aryl methyl sites for hydroxylation is 1. The third kappa shape index (κ3) is 3.00. The third-order valence-electron chi connectivity index (χ3n) is 2.18. The van der Waals surface area contributed by atoms with E-state index in [0.29, 0.717) is 11.5 Å². The molecule has 0 fully saturated rings. The Balaban J connectivity index is 0.000000686. The lowest BCUT2D eigenvalue weighted by atomic mass is 10.2. The second-order valence-corrected chi connectivity index (χ2v) is 3.30. The van der Waals surface area contributed by atoms with E-state index in [9.17, 15) is 0 Å². The molecular weight excluding hydrogens is 212 g/mol. The normalized spacial score (nSPS) is 10.9. The molecule has 0 atom stereocenters. The van der Waals surface area contributed by atoms with Gasteiger partial charge in [0.2, 0.25) is 0 Å². The van der Waals surface area contributed by atoms with E-state index in [1.165, 1.54) is 0 Å². The summed E-state index contributed by atoms with van der Waals surface area (Å²) >= 11 is 0. The van der Waals surface area contributed by atoms with Crippen LogP contribution in [0.4, 0.5) is 0 Å². The van der Waals surface area contributed by atoms with Crippen molar-refractivity contribution in [2.45, 2.75) is 20.8 Å². The zero-order valence-corrected chi connectivity index (χ0v) is 10.7. The van der Waals surface area contributed by atoms with Crippen LogP contribution in [0.25, 0.3) is 11.0 Å². The van der Waals surface area contributed by atoms with E-state index >= 15 is 0 Å². The molecule has 0 saturated carbocycles. The molecule has 4 heteroatoms. The van der Waals surface area contributed by atoms with Gasteiger partial charge in [0, 0.05) is 12.7 Å². The molecule has 90 valence electrons. The molecule has 0 radical (unpaired) electrons. The monoisotopic (exact) mass is 230 g/mol. The van der Waals surface area contributed by atoms with Crippen LogP contribution < -0.4 is 5.73 Å². The van der Waals surface area contributed by atoms with E-state index in [1.807, 2.05) is 45.0 Å². The maximum absolute atomic E-state index is 5.68. The zero-order valence-electron chi connectivity index (χ0n) is 10.7. The van der Waals surface area contributed by atoms with Gasteiger partial charge in [-0.2, -0.15) is 0 Å². The lowest BCUT2D eigenvalue weighted by Gasteiger charge is -2.01. The first-order valence-corrected chi connectivity index (χ1v) is 5.68. The molecular formula is C13H18N4. The smallest absolute Gasteiger partial charge is 0.144 e. The van der Waals surface area contributed by atoms with Gasteiger partial charge in [-0.05, 0) is 31.2 Å². The lowest BCUT2D eigenvalue weighted by molar-refractivity contribution is 1.22. The number of pyridine rings is 2. The van der Waals surface area contributed by atoms with Crippen molar-refractivity contribution in [3.05, 3.63) is 35.7 Å².